The van der Waals surface area contributed by atoms with E-state index in [0.717, 1.165) is 16.3 Å². The minimum atomic E-state index is -0.978. The van der Waals surface area contributed by atoms with Gasteiger partial charge in [-0.3, -0.25) is 14.4 Å². The molecule has 0 fully saturated rings. The van der Waals surface area contributed by atoms with Crippen LogP contribution in [0.3, 0.4) is 0 Å². The van der Waals surface area contributed by atoms with Crippen LogP contribution in [0, 0.1) is 5.82 Å². The van der Waals surface area contributed by atoms with Gasteiger partial charge in [0.25, 0.3) is 0 Å². The second-order valence-electron chi connectivity index (χ2n) is 7.39. The Hall–Kier alpha value is -3.74. The van der Waals surface area contributed by atoms with Crippen molar-refractivity contribution in [2.24, 2.45) is 5.73 Å². The smallest absolute Gasteiger partial charge is 0.243 e. The quantitative estimate of drug-likeness (QED) is 0.520. The predicted molar refractivity (Wildman–Crippen MR) is 116 cm³/mol. The van der Waals surface area contributed by atoms with E-state index in [-0.39, 0.29) is 12.8 Å². The molecule has 0 saturated carbocycles. The van der Waals surface area contributed by atoms with Gasteiger partial charge >= 0.3 is 0 Å². The zero-order chi connectivity index (χ0) is 22.4. The van der Waals surface area contributed by atoms with Crippen molar-refractivity contribution in [2.75, 3.05) is 0 Å². The zero-order valence-electron chi connectivity index (χ0n) is 17.1. The Labute approximate surface area is 179 Å². The number of rotatable bonds is 8. The molecule has 3 rings (SSSR count). The molecular weight excluding hydrogens is 397 g/mol. The molecule has 7 heteroatoms. The van der Waals surface area contributed by atoms with Gasteiger partial charge in [0.2, 0.25) is 17.7 Å². The van der Waals surface area contributed by atoms with Crippen LogP contribution in [0.2, 0.25) is 0 Å². The van der Waals surface area contributed by atoms with Crippen molar-refractivity contribution < 1.29 is 18.8 Å². The fraction of sp³-hybridized carbons (Fsp3) is 0.208. The predicted octanol–water partition coefficient (Wildman–Crippen LogP) is 2.24. The molecule has 0 spiro atoms. The molecule has 6 nitrogen and oxygen atoms in total. The van der Waals surface area contributed by atoms with Crippen molar-refractivity contribution in [3.8, 4) is 0 Å². The van der Waals surface area contributed by atoms with Crippen molar-refractivity contribution in [3.05, 3.63) is 83.7 Å². The summed E-state index contributed by atoms with van der Waals surface area (Å²) in [6.07, 6.45) is 0.276. The summed E-state index contributed by atoms with van der Waals surface area (Å²) in [5, 5.41) is 7.18. The summed E-state index contributed by atoms with van der Waals surface area (Å²) >= 11 is 0. The van der Waals surface area contributed by atoms with E-state index in [0.29, 0.717) is 5.56 Å². The summed E-state index contributed by atoms with van der Waals surface area (Å²) in [5.41, 5.74) is 6.96. The van der Waals surface area contributed by atoms with Crippen molar-refractivity contribution in [1.82, 2.24) is 10.6 Å². The van der Waals surface area contributed by atoms with E-state index in [1.807, 2.05) is 42.5 Å². The van der Waals surface area contributed by atoms with E-state index < -0.39 is 35.6 Å². The molecular formula is C24H24FN3O3. The number of amides is 3. The third-order valence-electron chi connectivity index (χ3n) is 4.99. The maximum atomic E-state index is 13.5. The van der Waals surface area contributed by atoms with Gasteiger partial charge in [-0.25, -0.2) is 4.39 Å². The number of fused-ring (bicyclic) bond motifs is 1. The average Bonchev–Trinajstić information content (AvgIpc) is 2.72. The molecule has 4 N–H and O–H groups in total. The Morgan fingerprint density at radius 3 is 2.32 bits per heavy atom. The number of hydrogen-bond acceptors (Lipinski definition) is 3. The molecule has 31 heavy (non-hydrogen) atoms. The number of nitrogens with two attached hydrogens (primary N) is 1. The first-order valence-corrected chi connectivity index (χ1v) is 9.91. The molecule has 160 valence electrons. The summed E-state index contributed by atoms with van der Waals surface area (Å²) in [4.78, 5) is 36.6. The molecule has 0 radical (unpaired) electrons. The zero-order valence-corrected chi connectivity index (χ0v) is 17.1. The topological polar surface area (TPSA) is 101 Å². The van der Waals surface area contributed by atoms with Crippen LogP contribution < -0.4 is 16.4 Å². The molecule has 0 aliphatic heterocycles. The van der Waals surface area contributed by atoms with E-state index >= 15 is 0 Å². The molecule has 0 bridgehead atoms. The molecule has 3 aromatic carbocycles. The first kappa shape index (κ1) is 22.0. The Balaban J connectivity index is 1.79. The number of carbonyl (C=O) groups is 3. The van der Waals surface area contributed by atoms with E-state index in [4.69, 9.17) is 5.73 Å². The van der Waals surface area contributed by atoms with Gasteiger partial charge in [0, 0.05) is 19.8 Å². The van der Waals surface area contributed by atoms with Crippen molar-refractivity contribution in [3.63, 3.8) is 0 Å². The molecule has 0 aromatic heterocycles. The van der Waals surface area contributed by atoms with E-state index in [1.165, 1.54) is 25.1 Å². The van der Waals surface area contributed by atoms with Crippen LogP contribution in [0.5, 0.6) is 0 Å². The second kappa shape index (κ2) is 9.84. The number of benzene rings is 3. The van der Waals surface area contributed by atoms with Crippen LogP contribution in [-0.2, 0) is 27.2 Å². The van der Waals surface area contributed by atoms with Gasteiger partial charge in [0.05, 0.1) is 0 Å². The summed E-state index contributed by atoms with van der Waals surface area (Å²) in [7, 11) is 0. The lowest BCUT2D eigenvalue weighted by atomic mass is 9.98. The van der Waals surface area contributed by atoms with E-state index in [9.17, 15) is 18.8 Å². The highest BCUT2D eigenvalue weighted by Crippen LogP contribution is 2.20. The molecule has 3 aromatic rings. The monoisotopic (exact) mass is 421 g/mol. The van der Waals surface area contributed by atoms with Crippen LogP contribution in [0.4, 0.5) is 4.39 Å². The molecule has 0 saturated heterocycles. The molecule has 0 heterocycles. The van der Waals surface area contributed by atoms with Crippen LogP contribution in [-0.4, -0.2) is 29.8 Å². The highest BCUT2D eigenvalue weighted by molar-refractivity contribution is 5.92. The Bertz CT molecular complexity index is 1110. The third-order valence-corrected chi connectivity index (χ3v) is 4.99. The minimum Gasteiger partial charge on any atom is -0.368 e. The standard InChI is InChI=1S/C24H24FN3O3/c1-15(29)27-22(13-16-6-4-10-19(25)12-16)24(31)28-21(23(26)30)14-18-9-5-8-17-7-2-3-11-20(17)18/h2-12,21-22H,13-14H2,1H3,(H2,26,30)(H,27,29)(H,28,31)/t21-,22+/m0/s1. The molecule has 0 aliphatic carbocycles. The van der Waals surface area contributed by atoms with Gasteiger partial charge in [0.1, 0.15) is 17.9 Å². The fourth-order valence-electron chi connectivity index (χ4n) is 3.54. The number of primary amides is 1. The van der Waals surface area contributed by atoms with Crippen LogP contribution in [0.25, 0.3) is 10.8 Å². The first-order valence-electron chi connectivity index (χ1n) is 9.91. The average molecular weight is 421 g/mol. The lowest BCUT2D eigenvalue weighted by Crippen LogP contribution is -2.54. The fourth-order valence-corrected chi connectivity index (χ4v) is 3.54. The summed E-state index contributed by atoms with van der Waals surface area (Å²) < 4.78 is 13.5. The van der Waals surface area contributed by atoms with E-state index in [1.54, 1.807) is 6.07 Å². The van der Waals surface area contributed by atoms with Crippen molar-refractivity contribution in [1.29, 1.82) is 0 Å². The lowest BCUT2D eigenvalue weighted by molar-refractivity contribution is -0.130. The maximum absolute atomic E-state index is 13.5. The summed E-state index contributed by atoms with van der Waals surface area (Å²) in [5.74, 6) is -2.11. The van der Waals surface area contributed by atoms with Gasteiger partial charge in [-0.05, 0) is 34.0 Å². The van der Waals surface area contributed by atoms with Crippen LogP contribution in [0.1, 0.15) is 18.1 Å². The SMILES string of the molecule is CC(=O)N[C@H](Cc1cccc(F)c1)C(=O)N[C@@H](Cc1cccc2ccccc12)C(N)=O. The number of carbonyl (C=O) groups excluding carboxylic acids is 3. The number of nitrogens with one attached hydrogen (secondary N) is 2. The third kappa shape index (κ3) is 5.88. The van der Waals surface area contributed by atoms with Gasteiger partial charge in [-0.1, -0.05) is 54.6 Å². The Morgan fingerprint density at radius 1 is 0.903 bits per heavy atom. The first-order chi connectivity index (χ1) is 14.8. The van der Waals surface area contributed by atoms with Gasteiger partial charge in [-0.15, -0.1) is 0 Å². The minimum absolute atomic E-state index is 0.0723. The van der Waals surface area contributed by atoms with Crippen LogP contribution >= 0.6 is 0 Å². The molecule has 2 atom stereocenters. The van der Waals surface area contributed by atoms with Gasteiger partial charge < -0.3 is 16.4 Å². The Morgan fingerprint density at radius 2 is 1.61 bits per heavy atom. The number of halogens is 1. The van der Waals surface area contributed by atoms with Crippen molar-refractivity contribution in [2.45, 2.75) is 31.8 Å². The highest BCUT2D eigenvalue weighted by Gasteiger charge is 2.26. The largest absolute Gasteiger partial charge is 0.368 e. The van der Waals surface area contributed by atoms with E-state index in [2.05, 4.69) is 10.6 Å². The molecule has 0 aliphatic rings. The van der Waals surface area contributed by atoms with Gasteiger partial charge in [0.15, 0.2) is 0 Å². The molecule has 3 amide bonds. The van der Waals surface area contributed by atoms with Crippen LogP contribution in [0.15, 0.2) is 66.7 Å². The lowest BCUT2D eigenvalue weighted by Gasteiger charge is -2.22. The maximum Gasteiger partial charge on any atom is 0.243 e. The summed E-state index contributed by atoms with van der Waals surface area (Å²) in [6, 6.07) is 17.3. The highest BCUT2D eigenvalue weighted by atomic mass is 19.1. The second-order valence-corrected chi connectivity index (χ2v) is 7.39. The normalized spacial score (nSPS) is 12.7. The summed E-state index contributed by atoms with van der Waals surface area (Å²) in [6.45, 7) is 1.29. The van der Waals surface area contributed by atoms with Crippen molar-refractivity contribution >= 4 is 28.5 Å². The number of hydrogen-bond donors (Lipinski definition) is 3. The Kier molecular flexibility index (Phi) is 6.97. The molecule has 0 unspecified atom stereocenters. The van der Waals surface area contributed by atoms with Gasteiger partial charge in [-0.2, -0.15) is 0 Å².